The van der Waals surface area contributed by atoms with Crippen LogP contribution in [-0.2, 0) is 10.0 Å². The van der Waals surface area contributed by atoms with Crippen LogP contribution in [0.5, 0.6) is 0 Å². The average Bonchev–Trinajstić information content (AvgIpc) is 3.08. The van der Waals surface area contributed by atoms with Crippen LogP contribution in [0.1, 0.15) is 36.0 Å². The number of rotatable bonds is 2. The smallest absolute Gasteiger partial charge is 0.257 e. The molecule has 0 atom stereocenters. The highest BCUT2D eigenvalue weighted by molar-refractivity contribution is 7.88. The number of likely N-dealkylation sites (tertiary alicyclic amines) is 1. The highest BCUT2D eigenvalue weighted by Gasteiger charge is 2.47. The normalized spacial score (nSPS) is 22.8. The lowest BCUT2D eigenvalue weighted by Gasteiger charge is -2.43. The first-order valence-electron chi connectivity index (χ1n) is 7.22. The Balaban J connectivity index is 1.71. The maximum absolute atomic E-state index is 12.3. The Morgan fingerprint density at radius 3 is 2.52 bits per heavy atom. The van der Waals surface area contributed by atoms with Gasteiger partial charge >= 0.3 is 0 Å². The van der Waals surface area contributed by atoms with E-state index in [1.54, 1.807) is 15.3 Å². The van der Waals surface area contributed by atoms with Crippen molar-refractivity contribution in [3.63, 3.8) is 0 Å². The van der Waals surface area contributed by atoms with Gasteiger partial charge in [-0.3, -0.25) is 4.79 Å². The minimum atomic E-state index is -3.18. The molecule has 116 valence electrons. The molecule has 0 aromatic carbocycles. The molecule has 6 nitrogen and oxygen atoms in total. The van der Waals surface area contributed by atoms with Gasteiger partial charge in [-0.2, -0.15) is 4.31 Å². The summed E-state index contributed by atoms with van der Waals surface area (Å²) in [5.74, 6) is -0.0393. The van der Waals surface area contributed by atoms with Gasteiger partial charge in [-0.1, -0.05) is 0 Å². The second kappa shape index (κ2) is 5.14. The van der Waals surface area contributed by atoms with E-state index in [9.17, 15) is 13.2 Å². The molecule has 2 aliphatic rings. The van der Waals surface area contributed by atoms with Crippen LogP contribution >= 0.6 is 0 Å². The van der Waals surface area contributed by atoms with Gasteiger partial charge in [0.05, 0.1) is 18.1 Å². The molecule has 1 aromatic heterocycles. The summed E-state index contributed by atoms with van der Waals surface area (Å²) in [6.07, 6.45) is 7.44. The SMILES string of the molecule is CS(=O)(=O)N1CCCC12CCN(C(=O)c1ccoc1)CC2. The molecule has 0 N–H and O–H groups in total. The van der Waals surface area contributed by atoms with Crippen LogP contribution in [0.2, 0.25) is 0 Å². The number of carbonyl (C=O) groups is 1. The van der Waals surface area contributed by atoms with E-state index in [1.165, 1.54) is 18.8 Å². The van der Waals surface area contributed by atoms with Crippen LogP contribution in [0.25, 0.3) is 0 Å². The van der Waals surface area contributed by atoms with E-state index < -0.39 is 10.0 Å². The zero-order valence-electron chi connectivity index (χ0n) is 12.1. The quantitative estimate of drug-likeness (QED) is 0.825. The van der Waals surface area contributed by atoms with Gasteiger partial charge in [0.25, 0.3) is 5.91 Å². The van der Waals surface area contributed by atoms with Crippen LogP contribution in [0, 0.1) is 0 Å². The Hall–Kier alpha value is -1.34. The molecule has 1 spiro atoms. The summed E-state index contributed by atoms with van der Waals surface area (Å²) in [4.78, 5) is 14.1. The van der Waals surface area contributed by atoms with E-state index >= 15 is 0 Å². The molecule has 1 aromatic rings. The van der Waals surface area contributed by atoms with Gasteiger partial charge in [0.1, 0.15) is 6.26 Å². The number of furan rings is 1. The Kier molecular flexibility index (Phi) is 3.57. The summed E-state index contributed by atoms with van der Waals surface area (Å²) in [6.45, 7) is 1.79. The van der Waals surface area contributed by atoms with E-state index in [1.807, 2.05) is 0 Å². The number of amides is 1. The van der Waals surface area contributed by atoms with Gasteiger partial charge in [-0.05, 0) is 31.7 Å². The minimum absolute atomic E-state index is 0.0393. The molecule has 3 rings (SSSR count). The van der Waals surface area contributed by atoms with Crippen molar-refractivity contribution in [3.8, 4) is 0 Å². The zero-order chi connectivity index (χ0) is 15.1. The second-order valence-corrected chi connectivity index (χ2v) is 7.87. The largest absolute Gasteiger partial charge is 0.472 e. The number of piperidine rings is 1. The Morgan fingerprint density at radius 2 is 1.95 bits per heavy atom. The Morgan fingerprint density at radius 1 is 1.24 bits per heavy atom. The van der Waals surface area contributed by atoms with Crippen molar-refractivity contribution in [2.24, 2.45) is 0 Å². The molecule has 21 heavy (non-hydrogen) atoms. The predicted molar refractivity (Wildman–Crippen MR) is 77.4 cm³/mol. The van der Waals surface area contributed by atoms with Crippen LogP contribution < -0.4 is 0 Å². The van der Waals surface area contributed by atoms with Crippen molar-refractivity contribution >= 4 is 15.9 Å². The maximum Gasteiger partial charge on any atom is 0.257 e. The molecule has 0 aliphatic carbocycles. The van der Waals surface area contributed by atoms with Gasteiger partial charge in [0, 0.05) is 25.2 Å². The number of nitrogens with zero attached hydrogens (tertiary/aromatic N) is 2. The minimum Gasteiger partial charge on any atom is -0.472 e. The summed E-state index contributed by atoms with van der Waals surface area (Å²) < 4.78 is 30.5. The number of hydrogen-bond acceptors (Lipinski definition) is 4. The van der Waals surface area contributed by atoms with Gasteiger partial charge in [-0.25, -0.2) is 8.42 Å². The fourth-order valence-electron chi connectivity index (χ4n) is 3.63. The standard InChI is InChI=1S/C14H20N2O4S/c1-21(18,19)16-7-2-4-14(16)5-8-15(9-6-14)13(17)12-3-10-20-11-12/h3,10-11H,2,4-9H2,1H3. The predicted octanol–water partition coefficient (Wildman–Crippen LogP) is 1.31. The van der Waals surface area contributed by atoms with Gasteiger partial charge in [0.2, 0.25) is 10.0 Å². The average molecular weight is 312 g/mol. The molecule has 1 amide bonds. The third-order valence-electron chi connectivity index (χ3n) is 4.68. The molecule has 0 bridgehead atoms. The summed E-state index contributed by atoms with van der Waals surface area (Å²) in [5, 5.41) is 0. The van der Waals surface area contributed by atoms with Gasteiger partial charge < -0.3 is 9.32 Å². The van der Waals surface area contributed by atoms with Crippen molar-refractivity contribution in [1.29, 1.82) is 0 Å². The first-order chi connectivity index (χ1) is 9.92. The molecule has 2 aliphatic heterocycles. The lowest BCUT2D eigenvalue weighted by molar-refractivity contribution is 0.0587. The summed E-state index contributed by atoms with van der Waals surface area (Å²) in [7, 11) is -3.18. The number of hydrogen-bond donors (Lipinski definition) is 0. The zero-order valence-corrected chi connectivity index (χ0v) is 12.9. The van der Waals surface area contributed by atoms with Crippen molar-refractivity contribution in [2.45, 2.75) is 31.2 Å². The lowest BCUT2D eigenvalue weighted by atomic mass is 9.86. The van der Waals surface area contributed by atoms with Gasteiger partial charge in [-0.15, -0.1) is 0 Å². The van der Waals surface area contributed by atoms with Crippen LogP contribution in [0.3, 0.4) is 0 Å². The van der Waals surface area contributed by atoms with Crippen molar-refractivity contribution < 1.29 is 17.6 Å². The molecular weight excluding hydrogens is 292 g/mol. The molecule has 3 heterocycles. The molecule has 2 saturated heterocycles. The second-order valence-electron chi connectivity index (χ2n) is 5.97. The molecule has 2 fully saturated rings. The Labute approximate surface area is 124 Å². The molecule has 0 radical (unpaired) electrons. The van der Waals surface area contributed by atoms with E-state index in [-0.39, 0.29) is 11.4 Å². The topological polar surface area (TPSA) is 70.8 Å². The van der Waals surface area contributed by atoms with Crippen molar-refractivity contribution in [1.82, 2.24) is 9.21 Å². The first-order valence-corrected chi connectivity index (χ1v) is 9.07. The molecule has 0 unspecified atom stereocenters. The fourth-order valence-corrected chi connectivity index (χ4v) is 5.06. The molecule has 0 saturated carbocycles. The number of sulfonamides is 1. The fraction of sp³-hybridized carbons (Fsp3) is 0.643. The van der Waals surface area contributed by atoms with E-state index in [0.717, 1.165) is 12.8 Å². The summed E-state index contributed by atoms with van der Waals surface area (Å²) >= 11 is 0. The number of carbonyl (C=O) groups excluding carboxylic acids is 1. The van der Waals surface area contributed by atoms with E-state index in [2.05, 4.69) is 0 Å². The van der Waals surface area contributed by atoms with Crippen LogP contribution in [-0.4, -0.2) is 55.0 Å². The van der Waals surface area contributed by atoms with Gasteiger partial charge in [0.15, 0.2) is 0 Å². The van der Waals surface area contributed by atoms with Crippen LogP contribution in [0.4, 0.5) is 0 Å². The Bertz CT molecular complexity index is 615. The molecule has 7 heteroatoms. The summed E-state index contributed by atoms with van der Waals surface area (Å²) in [5.41, 5.74) is 0.276. The third-order valence-corrected chi connectivity index (χ3v) is 6.05. The highest BCUT2D eigenvalue weighted by Crippen LogP contribution is 2.40. The van der Waals surface area contributed by atoms with Crippen molar-refractivity contribution in [3.05, 3.63) is 24.2 Å². The monoisotopic (exact) mass is 312 g/mol. The maximum atomic E-state index is 12.3. The molecular formula is C14H20N2O4S. The van der Waals surface area contributed by atoms with E-state index in [0.29, 0.717) is 38.0 Å². The lowest BCUT2D eigenvalue weighted by Crippen LogP contribution is -2.54. The highest BCUT2D eigenvalue weighted by atomic mass is 32.2. The van der Waals surface area contributed by atoms with Crippen molar-refractivity contribution in [2.75, 3.05) is 25.9 Å². The first kappa shape index (κ1) is 14.6. The third kappa shape index (κ3) is 2.60. The summed E-state index contributed by atoms with van der Waals surface area (Å²) in [6, 6.07) is 1.66. The van der Waals surface area contributed by atoms with E-state index in [4.69, 9.17) is 4.42 Å². The van der Waals surface area contributed by atoms with Crippen LogP contribution in [0.15, 0.2) is 23.0 Å².